The van der Waals surface area contributed by atoms with Gasteiger partial charge in [-0.05, 0) is 30.7 Å². The molecule has 1 aliphatic rings. The number of Topliss-reactive ketones (excluding diaryl/α,β-unsaturated/α-hetero) is 1. The summed E-state index contributed by atoms with van der Waals surface area (Å²) in [7, 11) is 0. The van der Waals surface area contributed by atoms with Crippen LogP contribution >= 0.6 is 11.8 Å². The highest BCUT2D eigenvalue weighted by Crippen LogP contribution is 2.34. The molecule has 7 nitrogen and oxygen atoms in total. The largest absolute Gasteiger partial charge is 0.454 e. The lowest BCUT2D eigenvalue weighted by atomic mass is 10.1. The number of aromatic amines is 1. The quantitative estimate of drug-likeness (QED) is 0.185. The van der Waals surface area contributed by atoms with Gasteiger partial charge in [0.15, 0.2) is 28.3 Å². The molecule has 0 fully saturated rings. The zero-order valence-corrected chi connectivity index (χ0v) is 19.4. The Hall–Kier alpha value is -3.26. The topological polar surface area (TPSA) is 82.0 Å². The number of nitrogens with zero attached hydrogens (tertiary/aromatic N) is 3. The number of aromatic nitrogens is 4. The van der Waals surface area contributed by atoms with Gasteiger partial charge in [-0.3, -0.25) is 4.79 Å². The van der Waals surface area contributed by atoms with Gasteiger partial charge >= 0.3 is 0 Å². The fourth-order valence-electron chi connectivity index (χ4n) is 4.03. The Bertz CT molecular complexity index is 1280. The smallest absolute Gasteiger partial charge is 0.231 e. The third-order valence-corrected chi connectivity index (χ3v) is 6.78. The summed E-state index contributed by atoms with van der Waals surface area (Å²) in [6, 6.07) is 13.5. The van der Waals surface area contributed by atoms with Gasteiger partial charge in [0.2, 0.25) is 6.79 Å². The van der Waals surface area contributed by atoms with E-state index in [4.69, 9.17) is 9.47 Å². The molecule has 2 aromatic carbocycles. The molecule has 0 aliphatic carbocycles. The average molecular weight is 463 g/mol. The fourth-order valence-corrected chi connectivity index (χ4v) is 4.89. The van der Waals surface area contributed by atoms with Crippen molar-refractivity contribution in [3.8, 4) is 22.9 Å². The number of carbonyl (C=O) groups excluding carboxylic acids is 1. The molecule has 4 aromatic rings. The van der Waals surface area contributed by atoms with E-state index in [2.05, 4.69) is 38.8 Å². The van der Waals surface area contributed by atoms with Crippen molar-refractivity contribution in [1.29, 1.82) is 0 Å². The normalized spacial score (nSPS) is 12.5. The summed E-state index contributed by atoms with van der Waals surface area (Å²) in [6.07, 6.45) is 6.58. The zero-order chi connectivity index (χ0) is 22.6. The Morgan fingerprint density at radius 1 is 1.09 bits per heavy atom. The number of ether oxygens (including phenoxy) is 2. The second-order valence-electron chi connectivity index (χ2n) is 8.05. The van der Waals surface area contributed by atoms with E-state index in [-0.39, 0.29) is 18.3 Å². The third-order valence-electron chi connectivity index (χ3n) is 5.81. The van der Waals surface area contributed by atoms with Gasteiger partial charge in [-0.25, -0.2) is 0 Å². The van der Waals surface area contributed by atoms with Crippen LogP contribution < -0.4 is 9.47 Å². The number of nitrogens with one attached hydrogen (secondary N) is 1. The number of ketones is 1. The predicted octanol–water partition coefficient (Wildman–Crippen LogP) is 5.71. The molecule has 0 bridgehead atoms. The van der Waals surface area contributed by atoms with Gasteiger partial charge in [-0.15, -0.1) is 10.2 Å². The molecule has 0 saturated heterocycles. The predicted molar refractivity (Wildman–Crippen MR) is 129 cm³/mol. The molecule has 1 N–H and O–H groups in total. The molecule has 2 aromatic heterocycles. The van der Waals surface area contributed by atoms with Crippen molar-refractivity contribution in [1.82, 2.24) is 19.7 Å². The lowest BCUT2D eigenvalue weighted by Crippen LogP contribution is -2.06. The summed E-state index contributed by atoms with van der Waals surface area (Å²) in [5.74, 6) is 2.43. The Labute approximate surface area is 196 Å². The molecule has 0 amide bonds. The summed E-state index contributed by atoms with van der Waals surface area (Å²) in [6.45, 7) is 3.22. The summed E-state index contributed by atoms with van der Waals surface area (Å²) in [5, 5.41) is 10.9. The van der Waals surface area contributed by atoms with Crippen LogP contribution in [0.2, 0.25) is 0 Å². The van der Waals surface area contributed by atoms with Gasteiger partial charge in [-0.2, -0.15) is 0 Å². The van der Waals surface area contributed by atoms with Crippen molar-refractivity contribution in [3.63, 3.8) is 0 Å². The molecule has 5 rings (SSSR count). The van der Waals surface area contributed by atoms with E-state index >= 15 is 0 Å². The maximum Gasteiger partial charge on any atom is 0.231 e. The highest BCUT2D eigenvalue weighted by molar-refractivity contribution is 7.99. The van der Waals surface area contributed by atoms with Crippen LogP contribution in [0, 0.1) is 0 Å². The summed E-state index contributed by atoms with van der Waals surface area (Å²) in [4.78, 5) is 16.2. The number of carbonyl (C=O) groups is 1. The van der Waals surface area contributed by atoms with Crippen LogP contribution in [0.15, 0.2) is 53.8 Å². The zero-order valence-electron chi connectivity index (χ0n) is 18.5. The van der Waals surface area contributed by atoms with Crippen LogP contribution in [0.5, 0.6) is 11.5 Å². The second-order valence-corrected chi connectivity index (χ2v) is 8.99. The lowest BCUT2D eigenvalue weighted by molar-refractivity contribution is 0.102. The Morgan fingerprint density at radius 2 is 1.97 bits per heavy atom. The van der Waals surface area contributed by atoms with Crippen LogP contribution in [0.4, 0.5) is 0 Å². The number of fused-ring (bicyclic) bond motifs is 2. The van der Waals surface area contributed by atoms with E-state index in [0.717, 1.165) is 46.8 Å². The Balaban J connectivity index is 1.38. The number of rotatable bonds is 10. The lowest BCUT2D eigenvalue weighted by Gasteiger charge is -2.10. The van der Waals surface area contributed by atoms with Crippen LogP contribution in [0.1, 0.15) is 43.0 Å². The van der Waals surface area contributed by atoms with E-state index < -0.39 is 0 Å². The molecule has 3 heterocycles. The average Bonchev–Trinajstić information content (AvgIpc) is 3.57. The maximum atomic E-state index is 12.9. The SMILES string of the molecule is CCCCCCn1c(SCC(=O)c2ccc3c(c2)OCO3)nnc1-c1c[nH]c2ccccc12. The number of hydrogen-bond acceptors (Lipinski definition) is 6. The molecule has 170 valence electrons. The summed E-state index contributed by atoms with van der Waals surface area (Å²) < 4.78 is 12.9. The first-order chi connectivity index (χ1) is 16.2. The fraction of sp³-hybridized carbons (Fsp3) is 0.320. The van der Waals surface area contributed by atoms with Gasteiger partial charge in [0, 0.05) is 34.8 Å². The van der Waals surface area contributed by atoms with E-state index in [1.54, 1.807) is 18.2 Å². The van der Waals surface area contributed by atoms with Crippen LogP contribution in [0.25, 0.3) is 22.3 Å². The van der Waals surface area contributed by atoms with Gasteiger partial charge in [0.05, 0.1) is 5.75 Å². The first kappa shape index (κ1) is 21.6. The van der Waals surface area contributed by atoms with Crippen molar-refractivity contribution in [3.05, 3.63) is 54.2 Å². The number of para-hydroxylation sites is 1. The molecular formula is C25H26N4O3S. The van der Waals surface area contributed by atoms with Crippen LogP contribution in [0.3, 0.4) is 0 Å². The molecule has 8 heteroatoms. The van der Waals surface area contributed by atoms with Gasteiger partial charge in [0.1, 0.15) is 0 Å². The number of thioether (sulfide) groups is 1. The molecule has 0 radical (unpaired) electrons. The van der Waals surface area contributed by atoms with Gasteiger partial charge < -0.3 is 19.0 Å². The third kappa shape index (κ3) is 4.48. The number of hydrogen-bond donors (Lipinski definition) is 1. The summed E-state index contributed by atoms with van der Waals surface area (Å²) >= 11 is 1.43. The van der Waals surface area contributed by atoms with Crippen molar-refractivity contribution in [2.45, 2.75) is 44.3 Å². The monoisotopic (exact) mass is 462 g/mol. The Kier molecular flexibility index (Phi) is 6.35. The van der Waals surface area contributed by atoms with Gasteiger partial charge in [0.25, 0.3) is 0 Å². The van der Waals surface area contributed by atoms with Crippen molar-refractivity contribution >= 4 is 28.4 Å². The molecule has 0 saturated carbocycles. The van der Waals surface area contributed by atoms with E-state index in [1.165, 1.54) is 24.6 Å². The minimum Gasteiger partial charge on any atom is -0.454 e. The number of benzene rings is 2. The van der Waals surface area contributed by atoms with E-state index in [1.807, 2.05) is 18.3 Å². The number of H-pyrrole nitrogens is 1. The van der Waals surface area contributed by atoms with E-state index in [0.29, 0.717) is 17.1 Å². The highest BCUT2D eigenvalue weighted by Gasteiger charge is 2.20. The van der Waals surface area contributed by atoms with Crippen LogP contribution in [-0.4, -0.2) is 38.1 Å². The molecule has 0 atom stereocenters. The maximum absolute atomic E-state index is 12.9. The molecular weight excluding hydrogens is 436 g/mol. The van der Waals surface area contributed by atoms with Crippen molar-refractivity contribution in [2.24, 2.45) is 0 Å². The first-order valence-corrected chi connectivity index (χ1v) is 12.3. The van der Waals surface area contributed by atoms with Gasteiger partial charge in [-0.1, -0.05) is 56.1 Å². The minimum absolute atomic E-state index is 0.0208. The minimum atomic E-state index is 0.0208. The number of unbranched alkanes of at least 4 members (excludes halogenated alkanes) is 3. The molecule has 0 spiro atoms. The van der Waals surface area contributed by atoms with Crippen molar-refractivity contribution < 1.29 is 14.3 Å². The second kappa shape index (κ2) is 9.70. The Morgan fingerprint density at radius 3 is 2.88 bits per heavy atom. The van der Waals surface area contributed by atoms with Crippen LogP contribution in [-0.2, 0) is 6.54 Å². The van der Waals surface area contributed by atoms with E-state index in [9.17, 15) is 4.79 Å². The summed E-state index contributed by atoms with van der Waals surface area (Å²) in [5.41, 5.74) is 2.71. The molecule has 33 heavy (non-hydrogen) atoms. The molecule has 1 aliphatic heterocycles. The highest BCUT2D eigenvalue weighted by atomic mass is 32.2. The standard InChI is InChI=1S/C25H26N4O3S/c1-2-3-4-7-12-29-24(19-14-26-20-9-6-5-8-18(19)20)27-28-25(29)33-15-21(30)17-10-11-22-23(13-17)32-16-31-22/h5-6,8-11,13-14,26H,2-4,7,12,15-16H2,1H3. The molecule has 0 unspecified atom stereocenters. The first-order valence-electron chi connectivity index (χ1n) is 11.3. The van der Waals surface area contributed by atoms with Crippen molar-refractivity contribution in [2.75, 3.05) is 12.5 Å².